The highest BCUT2D eigenvalue weighted by Gasteiger charge is 2.15. The van der Waals surface area contributed by atoms with Crippen LogP contribution in [-0.4, -0.2) is 39.8 Å². The minimum Gasteiger partial charge on any atom is -0.372 e. The number of rotatable bonds is 5. The fourth-order valence-corrected chi connectivity index (χ4v) is 2.78. The quantitative estimate of drug-likeness (QED) is 0.912. The van der Waals surface area contributed by atoms with Crippen molar-refractivity contribution >= 4 is 11.6 Å². The van der Waals surface area contributed by atoms with Crippen molar-refractivity contribution in [2.75, 3.05) is 18.0 Å². The van der Waals surface area contributed by atoms with Crippen LogP contribution in [0.5, 0.6) is 0 Å². The van der Waals surface area contributed by atoms with Crippen LogP contribution in [0.4, 0.5) is 5.69 Å². The first-order chi connectivity index (χ1) is 10.7. The first kappa shape index (κ1) is 14.6. The lowest BCUT2D eigenvalue weighted by Crippen LogP contribution is -2.35. The predicted octanol–water partition coefficient (Wildman–Crippen LogP) is 1.70. The van der Waals surface area contributed by atoms with Gasteiger partial charge in [0.15, 0.2) is 0 Å². The summed E-state index contributed by atoms with van der Waals surface area (Å²) in [5.41, 5.74) is 1.84. The van der Waals surface area contributed by atoms with E-state index < -0.39 is 0 Å². The molecule has 1 N–H and O–H groups in total. The van der Waals surface area contributed by atoms with E-state index in [-0.39, 0.29) is 11.9 Å². The van der Waals surface area contributed by atoms with Gasteiger partial charge in [0.1, 0.15) is 12.7 Å². The third kappa shape index (κ3) is 3.44. The van der Waals surface area contributed by atoms with Gasteiger partial charge in [0.2, 0.25) is 0 Å². The normalized spacial score (nSPS) is 15.8. The molecule has 1 saturated heterocycles. The topological polar surface area (TPSA) is 63.1 Å². The van der Waals surface area contributed by atoms with Gasteiger partial charge in [0.25, 0.3) is 5.91 Å². The summed E-state index contributed by atoms with van der Waals surface area (Å²) in [6.07, 6.45) is 5.60. The van der Waals surface area contributed by atoms with Crippen molar-refractivity contribution in [3.63, 3.8) is 0 Å². The highest BCUT2D eigenvalue weighted by molar-refractivity contribution is 5.95. The Bertz CT molecular complexity index is 619. The van der Waals surface area contributed by atoms with Crippen LogP contribution < -0.4 is 10.2 Å². The number of nitrogens with one attached hydrogen (secondary N) is 1. The van der Waals surface area contributed by atoms with Gasteiger partial charge >= 0.3 is 0 Å². The molecule has 1 aromatic carbocycles. The third-order valence-corrected chi connectivity index (χ3v) is 3.88. The molecule has 1 aliphatic heterocycles. The summed E-state index contributed by atoms with van der Waals surface area (Å²) in [7, 11) is 0. The number of hydrogen-bond donors (Lipinski definition) is 1. The predicted molar refractivity (Wildman–Crippen MR) is 84.8 cm³/mol. The molecule has 1 aliphatic rings. The van der Waals surface area contributed by atoms with Gasteiger partial charge in [-0.2, -0.15) is 5.10 Å². The Morgan fingerprint density at radius 1 is 1.36 bits per heavy atom. The average molecular weight is 299 g/mol. The van der Waals surface area contributed by atoms with Gasteiger partial charge in [-0.1, -0.05) is 6.07 Å². The van der Waals surface area contributed by atoms with Gasteiger partial charge in [-0.15, -0.1) is 0 Å². The van der Waals surface area contributed by atoms with E-state index in [1.54, 1.807) is 11.0 Å². The van der Waals surface area contributed by atoms with Crippen LogP contribution in [0.2, 0.25) is 0 Å². The molecular formula is C16H21N5O. The molecular weight excluding hydrogens is 278 g/mol. The van der Waals surface area contributed by atoms with Gasteiger partial charge in [0, 0.05) is 30.4 Å². The van der Waals surface area contributed by atoms with Gasteiger partial charge in [-0.25, -0.2) is 4.98 Å². The number of benzene rings is 1. The number of carbonyl (C=O) groups is 1. The Morgan fingerprint density at radius 3 is 2.91 bits per heavy atom. The third-order valence-electron chi connectivity index (χ3n) is 3.88. The lowest BCUT2D eigenvalue weighted by atomic mass is 10.1. The summed E-state index contributed by atoms with van der Waals surface area (Å²) in [4.78, 5) is 18.6. The Hall–Kier alpha value is -2.37. The summed E-state index contributed by atoms with van der Waals surface area (Å²) in [5.74, 6) is -0.0475. The Labute approximate surface area is 130 Å². The van der Waals surface area contributed by atoms with Crippen LogP contribution >= 0.6 is 0 Å². The molecule has 1 aromatic heterocycles. The summed E-state index contributed by atoms with van der Waals surface area (Å²) < 4.78 is 1.71. The molecule has 1 amide bonds. The smallest absolute Gasteiger partial charge is 0.251 e. The van der Waals surface area contributed by atoms with E-state index in [1.165, 1.54) is 19.2 Å². The minimum atomic E-state index is -0.0475. The average Bonchev–Trinajstić information content (AvgIpc) is 3.20. The molecule has 0 radical (unpaired) electrons. The maximum Gasteiger partial charge on any atom is 0.251 e. The molecule has 6 heteroatoms. The van der Waals surface area contributed by atoms with Crippen molar-refractivity contribution in [3.8, 4) is 0 Å². The van der Waals surface area contributed by atoms with Crippen molar-refractivity contribution in [1.29, 1.82) is 0 Å². The van der Waals surface area contributed by atoms with E-state index in [0.29, 0.717) is 12.1 Å². The second kappa shape index (κ2) is 6.60. The summed E-state index contributed by atoms with van der Waals surface area (Å²) in [6, 6.07) is 7.84. The molecule has 1 atom stereocenters. The summed E-state index contributed by atoms with van der Waals surface area (Å²) >= 11 is 0. The van der Waals surface area contributed by atoms with Gasteiger partial charge in [0.05, 0.1) is 6.54 Å². The molecule has 0 saturated carbocycles. The monoisotopic (exact) mass is 299 g/mol. The first-order valence-electron chi connectivity index (χ1n) is 7.70. The van der Waals surface area contributed by atoms with Crippen molar-refractivity contribution in [2.24, 2.45) is 0 Å². The number of amides is 1. The number of hydrogen-bond acceptors (Lipinski definition) is 4. The lowest BCUT2D eigenvalue weighted by molar-refractivity contribution is 0.0936. The minimum absolute atomic E-state index is 0.00959. The standard InChI is InChI=1S/C16H21N5O/c1-13(10-21-12-17-11-18-21)19-16(22)14-5-4-6-15(9-14)20-7-2-3-8-20/h4-6,9,11-13H,2-3,7-8,10H2,1H3,(H,19,22). The summed E-state index contributed by atoms with van der Waals surface area (Å²) in [6.45, 7) is 4.73. The SMILES string of the molecule is CC(Cn1cncn1)NC(=O)c1cccc(N2CCCC2)c1. The molecule has 1 unspecified atom stereocenters. The van der Waals surface area contributed by atoms with E-state index in [1.807, 2.05) is 25.1 Å². The maximum atomic E-state index is 12.4. The Balaban J connectivity index is 1.63. The molecule has 116 valence electrons. The van der Waals surface area contributed by atoms with Crippen molar-refractivity contribution in [3.05, 3.63) is 42.5 Å². The second-order valence-corrected chi connectivity index (χ2v) is 5.74. The van der Waals surface area contributed by atoms with Crippen LogP contribution in [0.3, 0.4) is 0 Å². The molecule has 0 aliphatic carbocycles. The maximum absolute atomic E-state index is 12.4. The largest absolute Gasteiger partial charge is 0.372 e. The van der Waals surface area contributed by atoms with Gasteiger partial charge < -0.3 is 10.2 Å². The summed E-state index contributed by atoms with van der Waals surface area (Å²) in [5, 5.41) is 7.06. The molecule has 0 spiro atoms. The van der Waals surface area contributed by atoms with Crippen LogP contribution in [-0.2, 0) is 6.54 Å². The van der Waals surface area contributed by atoms with E-state index in [9.17, 15) is 4.79 Å². The fourth-order valence-electron chi connectivity index (χ4n) is 2.78. The van der Waals surface area contributed by atoms with E-state index in [4.69, 9.17) is 0 Å². The Kier molecular flexibility index (Phi) is 4.37. The van der Waals surface area contributed by atoms with Crippen molar-refractivity contribution < 1.29 is 4.79 Å². The second-order valence-electron chi connectivity index (χ2n) is 5.74. The zero-order chi connectivity index (χ0) is 15.4. The van der Waals surface area contributed by atoms with Crippen LogP contribution in [0, 0.1) is 0 Å². The highest BCUT2D eigenvalue weighted by Crippen LogP contribution is 2.21. The number of carbonyl (C=O) groups excluding carboxylic acids is 1. The molecule has 2 heterocycles. The molecule has 0 bridgehead atoms. The van der Waals surface area contributed by atoms with E-state index >= 15 is 0 Å². The van der Waals surface area contributed by atoms with Crippen molar-refractivity contribution in [2.45, 2.75) is 32.4 Å². The van der Waals surface area contributed by atoms with E-state index in [0.717, 1.165) is 18.8 Å². The van der Waals surface area contributed by atoms with Crippen LogP contribution in [0.25, 0.3) is 0 Å². The first-order valence-corrected chi connectivity index (χ1v) is 7.70. The van der Waals surface area contributed by atoms with Crippen LogP contribution in [0.1, 0.15) is 30.1 Å². The molecule has 22 heavy (non-hydrogen) atoms. The number of aromatic nitrogens is 3. The van der Waals surface area contributed by atoms with Crippen molar-refractivity contribution in [1.82, 2.24) is 20.1 Å². The molecule has 2 aromatic rings. The molecule has 3 rings (SSSR count). The molecule has 6 nitrogen and oxygen atoms in total. The molecule has 1 fully saturated rings. The highest BCUT2D eigenvalue weighted by atomic mass is 16.1. The van der Waals surface area contributed by atoms with Gasteiger partial charge in [-0.05, 0) is 38.0 Å². The zero-order valence-corrected chi connectivity index (χ0v) is 12.8. The lowest BCUT2D eigenvalue weighted by Gasteiger charge is -2.19. The fraction of sp³-hybridized carbons (Fsp3) is 0.438. The van der Waals surface area contributed by atoms with E-state index in [2.05, 4.69) is 26.4 Å². The van der Waals surface area contributed by atoms with Crippen LogP contribution in [0.15, 0.2) is 36.9 Å². The Morgan fingerprint density at radius 2 is 2.18 bits per heavy atom. The van der Waals surface area contributed by atoms with Gasteiger partial charge in [-0.3, -0.25) is 9.48 Å². The zero-order valence-electron chi connectivity index (χ0n) is 12.8. The number of anilines is 1. The number of nitrogens with zero attached hydrogens (tertiary/aromatic N) is 4.